The Morgan fingerprint density at radius 2 is 2.55 bits per heavy atom. The van der Waals surface area contributed by atoms with E-state index in [9.17, 15) is 0 Å². The minimum absolute atomic E-state index is 0.439. The highest BCUT2D eigenvalue weighted by Gasteiger charge is 2.05. The lowest BCUT2D eigenvalue weighted by Gasteiger charge is -1.95. The number of hydrogen-bond acceptors (Lipinski definition) is 4. The van der Waals surface area contributed by atoms with Crippen LogP contribution in [0.3, 0.4) is 0 Å². The van der Waals surface area contributed by atoms with Gasteiger partial charge >= 0.3 is 0 Å². The molecule has 0 bridgehead atoms. The number of nitrogens with one attached hydrogen (secondary N) is 1. The van der Waals surface area contributed by atoms with Gasteiger partial charge in [-0.15, -0.1) is 11.3 Å². The third kappa shape index (κ3) is 2.25. The Hall–Kier alpha value is -0.450. The second-order valence-electron chi connectivity index (χ2n) is 2.38. The highest BCUT2D eigenvalue weighted by atomic mass is 32.1. The molecule has 62 valence electrons. The lowest BCUT2D eigenvalue weighted by Crippen LogP contribution is -2.05. The van der Waals surface area contributed by atoms with Gasteiger partial charge in [-0.25, -0.2) is 4.98 Å². The predicted octanol–water partition coefficient (Wildman–Crippen LogP) is 0.916. The predicted molar refractivity (Wildman–Crippen MR) is 45.5 cm³/mol. The number of aliphatic hydroxyl groups excluding tert-OH is 1. The van der Waals surface area contributed by atoms with Crippen LogP contribution in [0, 0.1) is 0 Å². The minimum atomic E-state index is -0.439. The molecule has 0 spiro atoms. The highest BCUT2D eigenvalue weighted by molar-refractivity contribution is 7.09. The van der Waals surface area contributed by atoms with Crippen LogP contribution in [0.4, 0.5) is 0 Å². The number of thiazole rings is 1. The largest absolute Gasteiger partial charge is 0.386 e. The number of aromatic nitrogens is 1. The third-order valence-corrected chi connectivity index (χ3v) is 2.35. The second-order valence-corrected chi connectivity index (χ2v) is 3.27. The van der Waals surface area contributed by atoms with E-state index in [1.54, 1.807) is 6.92 Å². The molecule has 0 aromatic carbocycles. The fraction of sp³-hybridized carbons (Fsp3) is 0.571. The van der Waals surface area contributed by atoms with Crippen molar-refractivity contribution in [3.05, 3.63) is 16.1 Å². The molecule has 0 fully saturated rings. The molecule has 11 heavy (non-hydrogen) atoms. The summed E-state index contributed by atoms with van der Waals surface area (Å²) in [6.45, 7) is 2.49. The van der Waals surface area contributed by atoms with E-state index in [1.807, 2.05) is 12.4 Å². The van der Waals surface area contributed by atoms with Crippen molar-refractivity contribution in [2.45, 2.75) is 19.6 Å². The summed E-state index contributed by atoms with van der Waals surface area (Å²) in [6, 6.07) is 0. The molecule has 3 nitrogen and oxygen atoms in total. The standard InChI is InChI=1S/C7H12N2OS/c1-5(10)7-9-6(3-8-2)4-11-7/h4-5,8,10H,3H2,1-2H3. The second kappa shape index (κ2) is 3.80. The molecule has 2 N–H and O–H groups in total. The monoisotopic (exact) mass is 172 g/mol. The number of nitrogens with zero attached hydrogens (tertiary/aromatic N) is 1. The zero-order chi connectivity index (χ0) is 8.27. The Balaban J connectivity index is 2.66. The summed E-state index contributed by atoms with van der Waals surface area (Å²) >= 11 is 1.50. The third-order valence-electron chi connectivity index (χ3n) is 1.28. The molecule has 1 atom stereocenters. The van der Waals surface area contributed by atoms with E-state index in [0.29, 0.717) is 0 Å². The smallest absolute Gasteiger partial charge is 0.121 e. The van der Waals surface area contributed by atoms with Crippen LogP contribution in [0.2, 0.25) is 0 Å². The Morgan fingerprint density at radius 1 is 1.82 bits per heavy atom. The van der Waals surface area contributed by atoms with Crippen LogP contribution < -0.4 is 5.32 Å². The van der Waals surface area contributed by atoms with Gasteiger partial charge in [-0.3, -0.25) is 0 Å². The maximum Gasteiger partial charge on any atom is 0.121 e. The first-order chi connectivity index (χ1) is 5.24. The molecule has 1 aromatic heterocycles. The normalized spacial score (nSPS) is 13.4. The van der Waals surface area contributed by atoms with Crippen LogP contribution >= 0.6 is 11.3 Å². The van der Waals surface area contributed by atoms with Crippen molar-refractivity contribution in [3.8, 4) is 0 Å². The van der Waals surface area contributed by atoms with Crippen molar-refractivity contribution in [2.75, 3.05) is 7.05 Å². The van der Waals surface area contributed by atoms with E-state index in [0.717, 1.165) is 17.2 Å². The summed E-state index contributed by atoms with van der Waals surface area (Å²) < 4.78 is 0. The maximum atomic E-state index is 9.13. The van der Waals surface area contributed by atoms with E-state index in [-0.39, 0.29) is 0 Å². The Bertz CT molecular complexity index is 222. The molecule has 0 amide bonds. The van der Waals surface area contributed by atoms with Crippen LogP contribution in [0.5, 0.6) is 0 Å². The Labute approximate surface area is 70.1 Å². The van der Waals surface area contributed by atoms with Crippen molar-refractivity contribution < 1.29 is 5.11 Å². The van der Waals surface area contributed by atoms with Crippen molar-refractivity contribution in [2.24, 2.45) is 0 Å². The van der Waals surface area contributed by atoms with E-state index in [1.165, 1.54) is 11.3 Å². The van der Waals surface area contributed by atoms with Gasteiger partial charge in [0.05, 0.1) is 5.69 Å². The molecule has 0 aliphatic rings. The molecular weight excluding hydrogens is 160 g/mol. The summed E-state index contributed by atoms with van der Waals surface area (Å²) in [4.78, 5) is 4.21. The molecule has 1 aromatic rings. The van der Waals surface area contributed by atoms with Crippen molar-refractivity contribution >= 4 is 11.3 Å². The van der Waals surface area contributed by atoms with Crippen LogP contribution in [0.25, 0.3) is 0 Å². The molecule has 4 heteroatoms. The lowest BCUT2D eigenvalue weighted by molar-refractivity contribution is 0.198. The molecule has 1 rings (SSSR count). The van der Waals surface area contributed by atoms with Crippen LogP contribution in [-0.4, -0.2) is 17.1 Å². The van der Waals surface area contributed by atoms with Gasteiger partial charge in [0.1, 0.15) is 11.1 Å². The van der Waals surface area contributed by atoms with Crippen LogP contribution in [0.15, 0.2) is 5.38 Å². The van der Waals surface area contributed by atoms with Crippen molar-refractivity contribution in [1.82, 2.24) is 10.3 Å². The molecule has 0 radical (unpaired) electrons. The quantitative estimate of drug-likeness (QED) is 0.712. The fourth-order valence-corrected chi connectivity index (χ4v) is 1.54. The van der Waals surface area contributed by atoms with Gasteiger partial charge in [0.15, 0.2) is 0 Å². The minimum Gasteiger partial charge on any atom is -0.386 e. The van der Waals surface area contributed by atoms with Crippen molar-refractivity contribution in [1.29, 1.82) is 0 Å². The van der Waals surface area contributed by atoms with Gasteiger partial charge in [-0.1, -0.05) is 0 Å². The van der Waals surface area contributed by atoms with E-state index < -0.39 is 6.10 Å². The first kappa shape index (κ1) is 8.64. The Kier molecular flexibility index (Phi) is 2.99. The lowest BCUT2D eigenvalue weighted by atomic mass is 10.4. The molecular formula is C7H12N2OS. The van der Waals surface area contributed by atoms with E-state index in [2.05, 4.69) is 10.3 Å². The molecule has 0 aliphatic carbocycles. The van der Waals surface area contributed by atoms with Crippen molar-refractivity contribution in [3.63, 3.8) is 0 Å². The van der Waals surface area contributed by atoms with E-state index >= 15 is 0 Å². The van der Waals surface area contributed by atoms with Gasteiger partial charge in [-0.05, 0) is 14.0 Å². The topological polar surface area (TPSA) is 45.1 Å². The fourth-order valence-electron chi connectivity index (χ4n) is 0.777. The highest BCUT2D eigenvalue weighted by Crippen LogP contribution is 2.16. The molecule has 0 saturated carbocycles. The zero-order valence-electron chi connectivity index (χ0n) is 6.66. The summed E-state index contributed by atoms with van der Waals surface area (Å²) in [6.07, 6.45) is -0.439. The summed E-state index contributed by atoms with van der Waals surface area (Å²) in [5.41, 5.74) is 0.994. The average molecular weight is 172 g/mol. The summed E-state index contributed by atoms with van der Waals surface area (Å²) in [5.74, 6) is 0. The van der Waals surface area contributed by atoms with Gasteiger partial charge < -0.3 is 10.4 Å². The zero-order valence-corrected chi connectivity index (χ0v) is 7.48. The molecule has 0 aliphatic heterocycles. The SMILES string of the molecule is CNCc1csc(C(C)O)n1. The van der Waals surface area contributed by atoms with Gasteiger partial charge in [0, 0.05) is 11.9 Å². The van der Waals surface area contributed by atoms with Gasteiger partial charge in [0.2, 0.25) is 0 Å². The maximum absolute atomic E-state index is 9.13. The van der Waals surface area contributed by atoms with Gasteiger partial charge in [0.25, 0.3) is 0 Å². The number of aliphatic hydroxyl groups is 1. The number of rotatable bonds is 3. The average Bonchev–Trinajstić information content (AvgIpc) is 2.37. The molecule has 0 saturated heterocycles. The van der Waals surface area contributed by atoms with Gasteiger partial charge in [-0.2, -0.15) is 0 Å². The van der Waals surface area contributed by atoms with Crippen LogP contribution in [-0.2, 0) is 6.54 Å². The first-order valence-corrected chi connectivity index (χ1v) is 4.39. The summed E-state index contributed by atoms with van der Waals surface area (Å²) in [5, 5.41) is 14.9. The first-order valence-electron chi connectivity index (χ1n) is 3.51. The molecule has 1 heterocycles. The Morgan fingerprint density at radius 3 is 3.00 bits per heavy atom. The van der Waals surface area contributed by atoms with Crippen LogP contribution in [0.1, 0.15) is 23.7 Å². The van der Waals surface area contributed by atoms with E-state index in [4.69, 9.17) is 5.11 Å². The number of hydrogen-bond donors (Lipinski definition) is 2. The molecule has 1 unspecified atom stereocenters. The summed E-state index contributed by atoms with van der Waals surface area (Å²) in [7, 11) is 1.88.